The molecule has 3 nitrogen and oxygen atoms in total. The van der Waals surface area contributed by atoms with Crippen molar-refractivity contribution in [1.82, 2.24) is 15.2 Å². The van der Waals surface area contributed by atoms with E-state index in [9.17, 15) is 0 Å². The Morgan fingerprint density at radius 3 is 2.58 bits per heavy atom. The van der Waals surface area contributed by atoms with Crippen molar-refractivity contribution in [3.63, 3.8) is 0 Å². The standard InChI is InChI=1S/C16H27N3/c1-6-11-19(7-2)13-15-10-8-9-14(18-15)12-17-16(3,4)5/h6,8-10,17H,1,7,11-13H2,2-5H3. The Kier molecular flexibility index (Phi) is 6.19. The van der Waals surface area contributed by atoms with Gasteiger partial charge in [0.05, 0.1) is 11.4 Å². The molecule has 0 amide bonds. The molecule has 1 aromatic heterocycles. The van der Waals surface area contributed by atoms with Crippen molar-refractivity contribution in [3.05, 3.63) is 42.2 Å². The van der Waals surface area contributed by atoms with Crippen LogP contribution in [-0.4, -0.2) is 28.5 Å². The third-order valence-electron chi connectivity index (χ3n) is 2.88. The van der Waals surface area contributed by atoms with Crippen LogP contribution >= 0.6 is 0 Å². The second-order valence-electron chi connectivity index (χ2n) is 5.84. The smallest absolute Gasteiger partial charge is 0.0547 e. The van der Waals surface area contributed by atoms with Gasteiger partial charge in [0.2, 0.25) is 0 Å². The molecule has 1 aromatic rings. The van der Waals surface area contributed by atoms with Crippen LogP contribution < -0.4 is 5.32 Å². The van der Waals surface area contributed by atoms with Crippen LogP contribution in [0.15, 0.2) is 30.9 Å². The first-order chi connectivity index (χ1) is 8.94. The van der Waals surface area contributed by atoms with E-state index in [2.05, 4.69) is 62.7 Å². The van der Waals surface area contributed by atoms with Crippen LogP contribution in [-0.2, 0) is 13.1 Å². The molecule has 3 heteroatoms. The van der Waals surface area contributed by atoms with E-state index in [4.69, 9.17) is 4.98 Å². The van der Waals surface area contributed by atoms with Crippen molar-refractivity contribution in [1.29, 1.82) is 0 Å². The highest BCUT2D eigenvalue weighted by molar-refractivity contribution is 5.11. The van der Waals surface area contributed by atoms with Crippen LogP contribution in [0, 0.1) is 0 Å². The summed E-state index contributed by atoms with van der Waals surface area (Å²) in [6.45, 7) is 16.1. The second-order valence-corrected chi connectivity index (χ2v) is 5.84. The van der Waals surface area contributed by atoms with E-state index in [-0.39, 0.29) is 5.54 Å². The number of aromatic nitrogens is 1. The minimum Gasteiger partial charge on any atom is -0.306 e. The molecule has 0 aliphatic carbocycles. The van der Waals surface area contributed by atoms with Gasteiger partial charge in [0.15, 0.2) is 0 Å². The Hall–Kier alpha value is -1.19. The summed E-state index contributed by atoms with van der Waals surface area (Å²) in [4.78, 5) is 7.02. The topological polar surface area (TPSA) is 28.2 Å². The largest absolute Gasteiger partial charge is 0.306 e. The Balaban J connectivity index is 2.63. The fourth-order valence-electron chi connectivity index (χ4n) is 1.79. The number of likely N-dealkylation sites (N-methyl/N-ethyl adjacent to an activating group) is 1. The number of hydrogen-bond acceptors (Lipinski definition) is 3. The predicted octanol–water partition coefficient (Wildman–Crippen LogP) is 2.98. The Bertz CT molecular complexity index is 393. The zero-order chi connectivity index (χ0) is 14.3. The molecule has 19 heavy (non-hydrogen) atoms. The van der Waals surface area contributed by atoms with Gasteiger partial charge in [-0.15, -0.1) is 6.58 Å². The molecule has 0 atom stereocenters. The number of rotatable bonds is 7. The van der Waals surface area contributed by atoms with Gasteiger partial charge in [-0.05, 0) is 39.4 Å². The van der Waals surface area contributed by atoms with Crippen molar-refractivity contribution in [2.45, 2.75) is 46.3 Å². The van der Waals surface area contributed by atoms with Crippen molar-refractivity contribution >= 4 is 0 Å². The average Bonchev–Trinajstić information content (AvgIpc) is 2.35. The SMILES string of the molecule is C=CCN(CC)Cc1cccc(CNC(C)(C)C)n1. The molecule has 0 saturated heterocycles. The molecular formula is C16H27N3. The van der Waals surface area contributed by atoms with Gasteiger partial charge in [0.25, 0.3) is 0 Å². The van der Waals surface area contributed by atoms with Crippen LogP contribution in [0.2, 0.25) is 0 Å². The van der Waals surface area contributed by atoms with Gasteiger partial charge in [-0.1, -0.05) is 19.1 Å². The maximum Gasteiger partial charge on any atom is 0.0547 e. The molecule has 106 valence electrons. The molecule has 0 aliphatic heterocycles. The minimum atomic E-state index is 0.121. The number of hydrogen-bond donors (Lipinski definition) is 1. The van der Waals surface area contributed by atoms with Crippen LogP contribution in [0.5, 0.6) is 0 Å². The average molecular weight is 261 g/mol. The van der Waals surface area contributed by atoms with Crippen molar-refractivity contribution in [3.8, 4) is 0 Å². The van der Waals surface area contributed by atoms with Gasteiger partial charge < -0.3 is 5.32 Å². The molecule has 0 bridgehead atoms. The van der Waals surface area contributed by atoms with Gasteiger partial charge in [-0.2, -0.15) is 0 Å². The molecular weight excluding hydrogens is 234 g/mol. The molecule has 0 unspecified atom stereocenters. The lowest BCUT2D eigenvalue weighted by atomic mass is 10.1. The van der Waals surface area contributed by atoms with E-state index >= 15 is 0 Å². The van der Waals surface area contributed by atoms with E-state index in [1.54, 1.807) is 0 Å². The quantitative estimate of drug-likeness (QED) is 0.765. The third kappa shape index (κ3) is 6.50. The van der Waals surface area contributed by atoms with Gasteiger partial charge in [-0.25, -0.2) is 0 Å². The lowest BCUT2D eigenvalue weighted by molar-refractivity contribution is 0.307. The number of pyridine rings is 1. The summed E-state index contributed by atoms with van der Waals surface area (Å²) in [5.74, 6) is 0. The maximum absolute atomic E-state index is 4.71. The fraction of sp³-hybridized carbons (Fsp3) is 0.562. The van der Waals surface area contributed by atoms with Gasteiger partial charge in [0.1, 0.15) is 0 Å². The molecule has 0 saturated carbocycles. The molecule has 0 aromatic carbocycles. The summed E-state index contributed by atoms with van der Waals surface area (Å²) < 4.78 is 0. The number of nitrogens with zero attached hydrogens (tertiary/aromatic N) is 2. The summed E-state index contributed by atoms with van der Waals surface area (Å²) in [6.07, 6.45) is 1.94. The zero-order valence-corrected chi connectivity index (χ0v) is 12.7. The monoisotopic (exact) mass is 261 g/mol. The lowest BCUT2D eigenvalue weighted by Crippen LogP contribution is -2.35. The van der Waals surface area contributed by atoms with Crippen molar-refractivity contribution in [2.24, 2.45) is 0 Å². The predicted molar refractivity (Wildman–Crippen MR) is 82.0 cm³/mol. The highest BCUT2D eigenvalue weighted by Gasteiger charge is 2.09. The van der Waals surface area contributed by atoms with E-state index in [1.807, 2.05) is 6.08 Å². The highest BCUT2D eigenvalue weighted by Crippen LogP contribution is 2.06. The molecule has 1 heterocycles. The molecule has 0 spiro atoms. The summed E-state index contributed by atoms with van der Waals surface area (Å²) in [7, 11) is 0. The summed E-state index contributed by atoms with van der Waals surface area (Å²) in [6, 6.07) is 6.25. The van der Waals surface area contributed by atoms with Crippen LogP contribution in [0.1, 0.15) is 39.1 Å². The summed E-state index contributed by atoms with van der Waals surface area (Å²) in [5.41, 5.74) is 2.34. The summed E-state index contributed by atoms with van der Waals surface area (Å²) in [5, 5.41) is 3.47. The van der Waals surface area contributed by atoms with Crippen molar-refractivity contribution in [2.75, 3.05) is 13.1 Å². The second kappa shape index (κ2) is 7.41. The molecule has 0 aliphatic rings. The van der Waals surface area contributed by atoms with Gasteiger partial charge in [-0.3, -0.25) is 9.88 Å². The van der Waals surface area contributed by atoms with E-state index in [1.165, 1.54) is 0 Å². The molecule has 0 fully saturated rings. The van der Waals surface area contributed by atoms with Gasteiger partial charge >= 0.3 is 0 Å². The third-order valence-corrected chi connectivity index (χ3v) is 2.88. The fourth-order valence-corrected chi connectivity index (χ4v) is 1.79. The maximum atomic E-state index is 4.71. The van der Waals surface area contributed by atoms with E-state index in [0.29, 0.717) is 0 Å². The lowest BCUT2D eigenvalue weighted by Gasteiger charge is -2.21. The first kappa shape index (κ1) is 15.9. The van der Waals surface area contributed by atoms with E-state index in [0.717, 1.165) is 37.6 Å². The van der Waals surface area contributed by atoms with Crippen LogP contribution in [0.3, 0.4) is 0 Å². The van der Waals surface area contributed by atoms with Crippen LogP contribution in [0.4, 0.5) is 0 Å². The minimum absolute atomic E-state index is 0.121. The Morgan fingerprint density at radius 1 is 1.32 bits per heavy atom. The Labute approximate surface area is 117 Å². The van der Waals surface area contributed by atoms with E-state index < -0.39 is 0 Å². The Morgan fingerprint density at radius 2 is 2.00 bits per heavy atom. The van der Waals surface area contributed by atoms with Crippen LogP contribution in [0.25, 0.3) is 0 Å². The van der Waals surface area contributed by atoms with Gasteiger partial charge in [0, 0.05) is 25.2 Å². The first-order valence-electron chi connectivity index (χ1n) is 6.97. The summed E-state index contributed by atoms with van der Waals surface area (Å²) >= 11 is 0. The molecule has 1 N–H and O–H groups in total. The molecule has 0 radical (unpaired) electrons. The molecule has 1 rings (SSSR count). The van der Waals surface area contributed by atoms with Crippen molar-refractivity contribution < 1.29 is 0 Å². The highest BCUT2D eigenvalue weighted by atomic mass is 15.1. The normalized spacial score (nSPS) is 11.8. The number of nitrogens with one attached hydrogen (secondary N) is 1. The zero-order valence-electron chi connectivity index (χ0n) is 12.7. The first-order valence-corrected chi connectivity index (χ1v) is 6.97.